The van der Waals surface area contributed by atoms with Crippen LogP contribution in [-0.2, 0) is 28.1 Å². The molecule has 0 spiro atoms. The van der Waals surface area contributed by atoms with E-state index in [0.717, 1.165) is 22.4 Å². The van der Waals surface area contributed by atoms with Crippen molar-refractivity contribution in [2.45, 2.75) is 62.8 Å². The molecule has 5 heteroatoms. The van der Waals surface area contributed by atoms with Gasteiger partial charge in [-0.3, -0.25) is 4.79 Å². The molecule has 0 radical (unpaired) electrons. The second kappa shape index (κ2) is 11.9. The molecule has 0 saturated heterocycles. The molecule has 0 aromatic heterocycles. The average Bonchev–Trinajstić information content (AvgIpc) is 2.79. The van der Waals surface area contributed by atoms with Gasteiger partial charge in [0.25, 0.3) is 0 Å². The highest BCUT2D eigenvalue weighted by Gasteiger charge is 2.25. The van der Waals surface area contributed by atoms with Crippen molar-refractivity contribution in [3.63, 3.8) is 0 Å². The summed E-state index contributed by atoms with van der Waals surface area (Å²) in [6, 6.07) is 25.6. The van der Waals surface area contributed by atoms with Gasteiger partial charge in [-0.2, -0.15) is 0 Å². The monoisotopic (exact) mass is 475 g/mol. The Morgan fingerprint density at radius 1 is 0.912 bits per heavy atom. The Morgan fingerprint density at radius 3 is 2.12 bits per heavy atom. The van der Waals surface area contributed by atoms with E-state index in [2.05, 4.69) is 29.6 Å². The van der Waals surface area contributed by atoms with Crippen LogP contribution in [-0.4, -0.2) is 23.5 Å². The molecular weight excluding hydrogens is 442 g/mol. The lowest BCUT2D eigenvalue weighted by Crippen LogP contribution is -2.45. The summed E-state index contributed by atoms with van der Waals surface area (Å²) < 4.78 is 5.40. The van der Waals surface area contributed by atoms with Gasteiger partial charge in [-0.15, -0.1) is 11.8 Å². The number of amides is 1. The highest BCUT2D eigenvalue weighted by atomic mass is 32.2. The maximum Gasteiger partial charge on any atom is 0.408 e. The topological polar surface area (TPSA) is 55.4 Å². The molecule has 1 atom stereocenters. The van der Waals surface area contributed by atoms with E-state index in [0.29, 0.717) is 6.42 Å². The molecule has 0 aliphatic carbocycles. The van der Waals surface area contributed by atoms with Gasteiger partial charge >= 0.3 is 6.09 Å². The molecule has 0 heterocycles. The molecule has 4 nitrogen and oxygen atoms in total. The first-order chi connectivity index (χ1) is 16.2. The predicted molar refractivity (Wildman–Crippen MR) is 139 cm³/mol. The first kappa shape index (κ1) is 25.6. The fourth-order valence-electron chi connectivity index (χ4n) is 3.55. The Labute approximate surface area is 207 Å². The summed E-state index contributed by atoms with van der Waals surface area (Å²) in [5.41, 5.74) is 3.68. The summed E-state index contributed by atoms with van der Waals surface area (Å²) in [7, 11) is 0. The van der Waals surface area contributed by atoms with Crippen molar-refractivity contribution in [3.05, 3.63) is 101 Å². The van der Waals surface area contributed by atoms with Crippen LogP contribution in [0, 0.1) is 6.92 Å². The quantitative estimate of drug-likeness (QED) is 0.357. The molecule has 0 saturated carbocycles. The standard InChI is InChI=1S/C29H33NO3S/c1-21-17-25(34-20-23-13-9-6-10-14-23)16-15-24(21)19-27(31)26(18-22-11-7-5-8-12-22)30-28(32)33-29(2,3)4/h5-17,26H,18-20H2,1-4H3,(H,30,32)/t26-/m0/s1. The number of carbonyl (C=O) groups is 2. The van der Waals surface area contributed by atoms with E-state index in [1.807, 2.05) is 61.5 Å². The van der Waals surface area contributed by atoms with Crippen LogP contribution in [0.2, 0.25) is 0 Å². The summed E-state index contributed by atoms with van der Waals surface area (Å²) in [4.78, 5) is 26.9. The van der Waals surface area contributed by atoms with Crippen LogP contribution in [0.5, 0.6) is 0 Å². The summed E-state index contributed by atoms with van der Waals surface area (Å²) >= 11 is 1.78. The van der Waals surface area contributed by atoms with Gasteiger partial charge in [0.2, 0.25) is 0 Å². The number of aryl methyl sites for hydroxylation is 1. The molecule has 178 valence electrons. The fraction of sp³-hybridized carbons (Fsp3) is 0.310. The lowest BCUT2D eigenvalue weighted by Gasteiger charge is -2.23. The zero-order chi connectivity index (χ0) is 24.6. The summed E-state index contributed by atoms with van der Waals surface area (Å²) in [5.74, 6) is 0.861. The van der Waals surface area contributed by atoms with Crippen LogP contribution >= 0.6 is 11.8 Å². The molecule has 3 aromatic carbocycles. The minimum atomic E-state index is -0.663. The molecule has 3 rings (SSSR count). The van der Waals surface area contributed by atoms with Crippen LogP contribution in [0.1, 0.15) is 43.0 Å². The second-order valence-electron chi connectivity index (χ2n) is 9.39. The third kappa shape index (κ3) is 8.38. The van der Waals surface area contributed by atoms with Crippen molar-refractivity contribution in [2.75, 3.05) is 0 Å². The van der Waals surface area contributed by atoms with Crippen molar-refractivity contribution in [1.82, 2.24) is 5.32 Å². The Balaban J connectivity index is 1.68. The number of ether oxygens (including phenoxy) is 1. The maximum atomic E-state index is 13.3. The van der Waals surface area contributed by atoms with Crippen LogP contribution in [0.3, 0.4) is 0 Å². The molecule has 34 heavy (non-hydrogen) atoms. The van der Waals surface area contributed by atoms with Crippen LogP contribution in [0.15, 0.2) is 83.8 Å². The zero-order valence-electron chi connectivity index (χ0n) is 20.3. The van der Waals surface area contributed by atoms with Crippen LogP contribution < -0.4 is 5.32 Å². The fourth-order valence-corrected chi connectivity index (χ4v) is 4.50. The summed E-state index contributed by atoms with van der Waals surface area (Å²) in [6.07, 6.45) is 0.0947. The minimum Gasteiger partial charge on any atom is -0.444 e. The van der Waals surface area contributed by atoms with Crippen molar-refractivity contribution in [3.8, 4) is 0 Å². The van der Waals surface area contributed by atoms with E-state index in [1.54, 1.807) is 32.5 Å². The van der Waals surface area contributed by atoms with Crippen molar-refractivity contribution in [2.24, 2.45) is 0 Å². The molecule has 0 aliphatic rings. The molecule has 3 aromatic rings. The van der Waals surface area contributed by atoms with Gasteiger partial charge in [-0.25, -0.2) is 4.79 Å². The highest BCUT2D eigenvalue weighted by molar-refractivity contribution is 7.98. The van der Waals surface area contributed by atoms with E-state index in [1.165, 1.54) is 10.5 Å². The molecule has 0 fully saturated rings. The number of Topliss-reactive ketones (excluding diaryl/α,β-unsaturated/α-hetero) is 1. The highest BCUT2D eigenvalue weighted by Crippen LogP contribution is 2.25. The van der Waals surface area contributed by atoms with E-state index >= 15 is 0 Å². The van der Waals surface area contributed by atoms with E-state index in [9.17, 15) is 9.59 Å². The number of hydrogen-bond donors (Lipinski definition) is 1. The third-order valence-corrected chi connectivity index (χ3v) is 6.35. The van der Waals surface area contributed by atoms with Gasteiger partial charge in [0.05, 0.1) is 6.04 Å². The van der Waals surface area contributed by atoms with E-state index in [-0.39, 0.29) is 12.2 Å². The van der Waals surface area contributed by atoms with Gasteiger partial charge in [-0.05, 0) is 68.5 Å². The third-order valence-electron chi connectivity index (χ3n) is 5.29. The van der Waals surface area contributed by atoms with Crippen molar-refractivity contribution < 1.29 is 14.3 Å². The summed E-state index contributed by atoms with van der Waals surface area (Å²) in [6.45, 7) is 7.45. The number of thioether (sulfide) groups is 1. The number of ketones is 1. The second-order valence-corrected chi connectivity index (χ2v) is 10.4. The van der Waals surface area contributed by atoms with Crippen LogP contribution in [0.4, 0.5) is 4.79 Å². The van der Waals surface area contributed by atoms with E-state index < -0.39 is 17.7 Å². The number of carbonyl (C=O) groups excluding carboxylic acids is 2. The average molecular weight is 476 g/mol. The maximum absolute atomic E-state index is 13.3. The first-order valence-corrected chi connectivity index (χ1v) is 12.5. The van der Waals surface area contributed by atoms with Gasteiger partial charge < -0.3 is 10.1 Å². The number of hydrogen-bond acceptors (Lipinski definition) is 4. The number of nitrogens with one attached hydrogen (secondary N) is 1. The van der Waals surface area contributed by atoms with Gasteiger partial charge in [-0.1, -0.05) is 66.7 Å². The van der Waals surface area contributed by atoms with Gasteiger partial charge in [0, 0.05) is 17.1 Å². The molecule has 1 amide bonds. The first-order valence-electron chi connectivity index (χ1n) is 11.5. The molecule has 0 bridgehead atoms. The van der Waals surface area contributed by atoms with Crippen molar-refractivity contribution >= 4 is 23.6 Å². The normalized spacial score (nSPS) is 12.1. The molecule has 0 unspecified atom stereocenters. The summed E-state index contributed by atoms with van der Waals surface area (Å²) in [5, 5.41) is 2.80. The Morgan fingerprint density at radius 2 is 1.53 bits per heavy atom. The van der Waals surface area contributed by atoms with Gasteiger partial charge in [0.15, 0.2) is 5.78 Å². The zero-order valence-corrected chi connectivity index (χ0v) is 21.2. The Hall–Kier alpha value is -3.05. The van der Waals surface area contributed by atoms with Crippen molar-refractivity contribution in [1.29, 1.82) is 0 Å². The van der Waals surface area contributed by atoms with E-state index in [4.69, 9.17) is 4.74 Å². The SMILES string of the molecule is Cc1cc(SCc2ccccc2)ccc1CC(=O)[C@H](Cc1ccccc1)NC(=O)OC(C)(C)C. The largest absolute Gasteiger partial charge is 0.444 e. The number of rotatable bonds is 9. The van der Waals surface area contributed by atoms with Crippen LogP contribution in [0.25, 0.3) is 0 Å². The Kier molecular flexibility index (Phi) is 8.94. The lowest BCUT2D eigenvalue weighted by molar-refractivity contribution is -0.120. The Bertz CT molecular complexity index is 1090. The molecular formula is C29H33NO3S. The smallest absolute Gasteiger partial charge is 0.408 e. The lowest BCUT2D eigenvalue weighted by atomic mass is 9.96. The number of benzene rings is 3. The molecule has 1 N–H and O–H groups in total. The number of alkyl carbamates (subject to hydrolysis) is 1. The minimum absolute atomic E-state index is 0.0394. The predicted octanol–water partition coefficient (Wildman–Crippen LogP) is 6.53. The van der Waals surface area contributed by atoms with Gasteiger partial charge in [0.1, 0.15) is 5.60 Å². The molecule has 0 aliphatic heterocycles.